The lowest BCUT2D eigenvalue weighted by molar-refractivity contribution is 0.182. The first-order chi connectivity index (χ1) is 12.6. The van der Waals surface area contributed by atoms with Gasteiger partial charge in [-0.1, -0.05) is 18.5 Å². The molecule has 1 saturated heterocycles. The van der Waals surface area contributed by atoms with Crippen molar-refractivity contribution in [3.05, 3.63) is 45.9 Å². The standard InChI is InChI=1S/C20H21ClN2O2S/c1-11-5-13(21)6-16(19(11)25-18-9-22-8-12(18)2)15-3-4-23-17-7-14(10-24)26-20(15)17/h3-7,12,18,22,24H,8-10H2,1-2H3/t12-,18+/m1/s1. The largest absolute Gasteiger partial charge is 0.488 e. The fourth-order valence-electron chi connectivity index (χ4n) is 3.46. The number of halogens is 1. The molecule has 1 aromatic carbocycles. The second-order valence-corrected chi connectivity index (χ2v) is 8.41. The van der Waals surface area contributed by atoms with E-state index < -0.39 is 0 Å². The highest BCUT2D eigenvalue weighted by molar-refractivity contribution is 7.19. The predicted molar refractivity (Wildman–Crippen MR) is 107 cm³/mol. The Kier molecular flexibility index (Phi) is 4.88. The molecular weight excluding hydrogens is 368 g/mol. The summed E-state index contributed by atoms with van der Waals surface area (Å²) in [5.74, 6) is 1.33. The number of thiophene rings is 1. The molecule has 0 unspecified atom stereocenters. The third-order valence-electron chi connectivity index (χ3n) is 4.86. The van der Waals surface area contributed by atoms with E-state index in [4.69, 9.17) is 16.3 Å². The van der Waals surface area contributed by atoms with Gasteiger partial charge in [-0.05, 0) is 36.8 Å². The van der Waals surface area contributed by atoms with Crippen LogP contribution >= 0.6 is 22.9 Å². The Morgan fingerprint density at radius 2 is 2.15 bits per heavy atom. The fourth-order valence-corrected chi connectivity index (χ4v) is 4.73. The quantitative estimate of drug-likeness (QED) is 0.695. The summed E-state index contributed by atoms with van der Waals surface area (Å²) in [7, 11) is 0. The van der Waals surface area contributed by atoms with Crippen LogP contribution in [-0.4, -0.2) is 29.3 Å². The van der Waals surface area contributed by atoms with E-state index in [1.165, 1.54) is 0 Å². The second kappa shape index (κ2) is 7.16. The number of pyridine rings is 1. The summed E-state index contributed by atoms with van der Waals surface area (Å²) < 4.78 is 7.50. The molecule has 136 valence electrons. The summed E-state index contributed by atoms with van der Waals surface area (Å²) in [4.78, 5) is 5.34. The molecule has 4 nitrogen and oxygen atoms in total. The first kappa shape index (κ1) is 17.7. The molecule has 3 heterocycles. The zero-order valence-electron chi connectivity index (χ0n) is 14.8. The molecule has 2 N–H and O–H groups in total. The Morgan fingerprint density at radius 1 is 1.31 bits per heavy atom. The minimum absolute atomic E-state index is 0.0175. The van der Waals surface area contributed by atoms with Crippen molar-refractivity contribution in [3.8, 4) is 16.9 Å². The summed E-state index contributed by atoms with van der Waals surface area (Å²) >= 11 is 7.94. The Bertz CT molecular complexity index is 956. The lowest BCUT2D eigenvalue weighted by atomic mass is 10.0. The maximum atomic E-state index is 9.49. The number of nitrogens with zero attached hydrogens (tertiary/aromatic N) is 1. The summed E-state index contributed by atoms with van der Waals surface area (Å²) in [6.45, 7) is 6.07. The molecule has 6 heteroatoms. The number of aryl methyl sites for hydroxylation is 1. The second-order valence-electron chi connectivity index (χ2n) is 6.83. The minimum Gasteiger partial charge on any atom is -0.488 e. The van der Waals surface area contributed by atoms with Crippen LogP contribution < -0.4 is 10.1 Å². The molecule has 0 spiro atoms. The minimum atomic E-state index is 0.0175. The molecule has 4 rings (SSSR count). The van der Waals surface area contributed by atoms with Gasteiger partial charge in [0, 0.05) is 46.2 Å². The lowest BCUT2D eigenvalue weighted by Gasteiger charge is -2.22. The summed E-state index contributed by atoms with van der Waals surface area (Å²) in [5.41, 5.74) is 3.93. The van der Waals surface area contributed by atoms with Gasteiger partial charge in [0.2, 0.25) is 0 Å². The highest BCUT2D eigenvalue weighted by Crippen LogP contribution is 2.42. The van der Waals surface area contributed by atoms with Crippen LogP contribution in [-0.2, 0) is 6.61 Å². The van der Waals surface area contributed by atoms with Crippen LogP contribution in [0, 0.1) is 12.8 Å². The van der Waals surface area contributed by atoms with Crippen molar-refractivity contribution >= 4 is 33.2 Å². The number of benzene rings is 1. The van der Waals surface area contributed by atoms with E-state index in [2.05, 4.69) is 17.2 Å². The van der Waals surface area contributed by atoms with Gasteiger partial charge in [0.1, 0.15) is 11.9 Å². The average molecular weight is 389 g/mol. The molecule has 1 fully saturated rings. The molecule has 2 aromatic heterocycles. The van der Waals surface area contributed by atoms with Gasteiger partial charge in [0.25, 0.3) is 0 Å². The van der Waals surface area contributed by atoms with E-state index in [1.807, 2.05) is 31.2 Å². The third kappa shape index (κ3) is 3.21. The summed E-state index contributed by atoms with van der Waals surface area (Å²) in [6, 6.07) is 7.84. The highest BCUT2D eigenvalue weighted by atomic mass is 35.5. The van der Waals surface area contributed by atoms with Gasteiger partial charge in [-0.25, -0.2) is 0 Å². The smallest absolute Gasteiger partial charge is 0.130 e. The van der Waals surface area contributed by atoms with Gasteiger partial charge in [-0.3, -0.25) is 4.98 Å². The number of ether oxygens (including phenoxy) is 1. The lowest BCUT2D eigenvalue weighted by Crippen LogP contribution is -2.24. The molecule has 26 heavy (non-hydrogen) atoms. The van der Waals surface area contributed by atoms with Crippen LogP contribution in [0.1, 0.15) is 17.4 Å². The molecule has 0 bridgehead atoms. The van der Waals surface area contributed by atoms with Gasteiger partial charge in [-0.2, -0.15) is 0 Å². The number of nitrogens with one attached hydrogen (secondary N) is 1. The molecule has 0 aliphatic carbocycles. The van der Waals surface area contributed by atoms with E-state index >= 15 is 0 Å². The number of hydrogen-bond donors (Lipinski definition) is 2. The van der Waals surface area contributed by atoms with Crippen molar-refractivity contribution in [1.82, 2.24) is 10.3 Å². The molecular formula is C20H21ClN2O2S. The molecule has 0 amide bonds. The zero-order valence-corrected chi connectivity index (χ0v) is 16.3. The van der Waals surface area contributed by atoms with E-state index in [0.29, 0.717) is 10.9 Å². The Hall–Kier alpha value is -1.66. The average Bonchev–Trinajstić information content (AvgIpc) is 3.22. The predicted octanol–water partition coefficient (Wildman–Crippen LogP) is 4.40. The number of aliphatic hydroxyl groups excluding tert-OH is 1. The van der Waals surface area contributed by atoms with Crippen LogP contribution in [0.4, 0.5) is 0 Å². The topological polar surface area (TPSA) is 54.4 Å². The van der Waals surface area contributed by atoms with Gasteiger partial charge < -0.3 is 15.2 Å². The van der Waals surface area contributed by atoms with Crippen molar-refractivity contribution in [2.75, 3.05) is 13.1 Å². The normalized spacial score (nSPS) is 20.0. The van der Waals surface area contributed by atoms with Gasteiger partial charge in [0.05, 0.1) is 16.8 Å². The van der Waals surface area contributed by atoms with Crippen molar-refractivity contribution in [1.29, 1.82) is 0 Å². The van der Waals surface area contributed by atoms with Crippen LogP contribution in [0.25, 0.3) is 21.3 Å². The Labute approximate surface area is 161 Å². The van der Waals surface area contributed by atoms with Crippen molar-refractivity contribution in [3.63, 3.8) is 0 Å². The molecule has 1 aliphatic heterocycles. The maximum Gasteiger partial charge on any atom is 0.130 e. The number of aromatic nitrogens is 1. The van der Waals surface area contributed by atoms with Gasteiger partial charge >= 0.3 is 0 Å². The fraction of sp³-hybridized carbons (Fsp3) is 0.350. The highest BCUT2D eigenvalue weighted by Gasteiger charge is 2.27. The number of hydrogen-bond acceptors (Lipinski definition) is 5. The monoisotopic (exact) mass is 388 g/mol. The van der Waals surface area contributed by atoms with Crippen molar-refractivity contribution < 1.29 is 9.84 Å². The van der Waals surface area contributed by atoms with Crippen molar-refractivity contribution in [2.45, 2.75) is 26.6 Å². The molecule has 2 atom stereocenters. The SMILES string of the molecule is Cc1cc(Cl)cc(-c2ccnc3cc(CO)sc23)c1O[C@H]1CNC[C@H]1C. The van der Waals surface area contributed by atoms with E-state index in [1.54, 1.807) is 17.5 Å². The number of rotatable bonds is 4. The Balaban J connectivity index is 1.87. The number of fused-ring (bicyclic) bond motifs is 1. The van der Waals surface area contributed by atoms with Crippen LogP contribution in [0.2, 0.25) is 5.02 Å². The van der Waals surface area contributed by atoms with Gasteiger partial charge in [0.15, 0.2) is 0 Å². The van der Waals surface area contributed by atoms with Crippen LogP contribution in [0.3, 0.4) is 0 Å². The number of aliphatic hydroxyl groups is 1. The Morgan fingerprint density at radius 3 is 2.88 bits per heavy atom. The van der Waals surface area contributed by atoms with Crippen molar-refractivity contribution in [2.24, 2.45) is 5.92 Å². The first-order valence-corrected chi connectivity index (χ1v) is 9.92. The zero-order chi connectivity index (χ0) is 18.3. The van der Waals surface area contributed by atoms with Crippen LogP contribution in [0.5, 0.6) is 5.75 Å². The van der Waals surface area contributed by atoms with E-state index in [9.17, 15) is 5.11 Å². The van der Waals surface area contributed by atoms with Gasteiger partial charge in [-0.15, -0.1) is 11.3 Å². The van der Waals surface area contributed by atoms with Crippen LogP contribution in [0.15, 0.2) is 30.5 Å². The molecule has 0 saturated carbocycles. The van der Waals surface area contributed by atoms with E-state index in [0.717, 1.165) is 50.6 Å². The molecule has 3 aromatic rings. The third-order valence-corrected chi connectivity index (χ3v) is 6.22. The van der Waals surface area contributed by atoms with E-state index in [-0.39, 0.29) is 12.7 Å². The molecule has 0 radical (unpaired) electrons. The molecule has 1 aliphatic rings. The maximum absolute atomic E-state index is 9.49. The summed E-state index contributed by atoms with van der Waals surface area (Å²) in [6.07, 6.45) is 1.94. The first-order valence-electron chi connectivity index (χ1n) is 8.73. The summed E-state index contributed by atoms with van der Waals surface area (Å²) in [5, 5.41) is 13.6.